The molecule has 10 aromatic rings. The Labute approximate surface area is 381 Å². The molecule has 0 atom stereocenters. The maximum Gasteiger partial charge on any atom is 0.0541 e. The number of para-hydroxylation sites is 2. The Kier molecular flexibility index (Phi) is 9.20. The third-order valence-electron chi connectivity index (χ3n) is 13.8. The zero-order valence-electron chi connectivity index (χ0n) is 37.0. The van der Waals surface area contributed by atoms with Gasteiger partial charge in [0.25, 0.3) is 0 Å². The van der Waals surface area contributed by atoms with Crippen LogP contribution >= 0.6 is 0 Å². The monoisotopic (exact) mass is 835 g/mol. The standard InChI is InChI=1S/C62H49N3/c1-42-26-30-49(31-27-42)63(47-18-6-4-7-19-47)52-37-46(45-29-35-61-57(39-45)56-23-13-15-25-60(56)65(61)50-32-28-43-16-10-11-17-44(43)36-50)38-53(40-52)64(48-20-8-5-9-21-48)51-33-34-55-54-22-12-14-24-58(54)62(2,3)59(55)41-51/h5-6,8-41H,4,7H2,1-3H3. The zero-order chi connectivity index (χ0) is 43.6. The molecule has 0 N–H and O–H groups in total. The predicted molar refractivity (Wildman–Crippen MR) is 276 cm³/mol. The first-order valence-electron chi connectivity index (χ1n) is 22.9. The molecule has 312 valence electrons. The molecule has 0 fully saturated rings. The lowest BCUT2D eigenvalue weighted by Crippen LogP contribution is -2.18. The third-order valence-corrected chi connectivity index (χ3v) is 13.8. The summed E-state index contributed by atoms with van der Waals surface area (Å²) in [7, 11) is 0. The van der Waals surface area contributed by atoms with E-state index in [9.17, 15) is 0 Å². The van der Waals surface area contributed by atoms with E-state index in [0.29, 0.717) is 0 Å². The fourth-order valence-electron chi connectivity index (χ4n) is 10.5. The fourth-order valence-corrected chi connectivity index (χ4v) is 10.5. The van der Waals surface area contributed by atoms with Crippen molar-refractivity contribution in [3.05, 3.63) is 241 Å². The van der Waals surface area contributed by atoms with Gasteiger partial charge in [0.15, 0.2) is 0 Å². The van der Waals surface area contributed by atoms with E-state index in [4.69, 9.17) is 0 Å². The number of hydrogen-bond acceptors (Lipinski definition) is 2. The molecule has 2 aliphatic carbocycles. The van der Waals surface area contributed by atoms with Crippen LogP contribution in [0.1, 0.15) is 43.4 Å². The maximum absolute atomic E-state index is 2.45. The highest BCUT2D eigenvalue weighted by Gasteiger charge is 2.36. The lowest BCUT2D eigenvalue weighted by Gasteiger charge is -2.32. The molecule has 0 amide bonds. The molecule has 1 aromatic heterocycles. The summed E-state index contributed by atoms with van der Waals surface area (Å²) in [6.07, 6.45) is 9.03. The lowest BCUT2D eigenvalue weighted by atomic mass is 9.82. The number of fused-ring (bicyclic) bond motifs is 7. The van der Waals surface area contributed by atoms with Crippen LogP contribution in [0.3, 0.4) is 0 Å². The van der Waals surface area contributed by atoms with Gasteiger partial charge in [-0.05, 0) is 155 Å². The van der Waals surface area contributed by atoms with E-state index in [1.165, 1.54) is 66.1 Å². The Bertz CT molecular complexity index is 3530. The second-order valence-corrected chi connectivity index (χ2v) is 18.2. The molecule has 0 aliphatic heterocycles. The first kappa shape index (κ1) is 38.8. The van der Waals surface area contributed by atoms with Crippen molar-refractivity contribution in [2.24, 2.45) is 0 Å². The second-order valence-electron chi connectivity index (χ2n) is 18.2. The topological polar surface area (TPSA) is 11.4 Å². The Morgan fingerprint density at radius 3 is 1.97 bits per heavy atom. The van der Waals surface area contributed by atoms with Gasteiger partial charge in [0.05, 0.1) is 11.0 Å². The van der Waals surface area contributed by atoms with Gasteiger partial charge in [0.2, 0.25) is 0 Å². The van der Waals surface area contributed by atoms with Crippen molar-refractivity contribution in [2.75, 3.05) is 9.80 Å². The quantitative estimate of drug-likeness (QED) is 0.151. The second kappa shape index (κ2) is 15.4. The van der Waals surface area contributed by atoms with Crippen LogP contribution in [0.4, 0.5) is 28.4 Å². The van der Waals surface area contributed by atoms with Gasteiger partial charge < -0.3 is 14.4 Å². The fraction of sp³-hybridized carbons (Fsp3) is 0.0968. The van der Waals surface area contributed by atoms with Crippen LogP contribution in [0.5, 0.6) is 0 Å². The van der Waals surface area contributed by atoms with Gasteiger partial charge in [0.1, 0.15) is 0 Å². The van der Waals surface area contributed by atoms with E-state index in [1.807, 2.05) is 0 Å². The Morgan fingerprint density at radius 2 is 1.14 bits per heavy atom. The smallest absolute Gasteiger partial charge is 0.0541 e. The molecule has 9 aromatic carbocycles. The predicted octanol–water partition coefficient (Wildman–Crippen LogP) is 17.1. The summed E-state index contributed by atoms with van der Waals surface area (Å²) in [5.41, 5.74) is 19.1. The molecule has 12 rings (SSSR count). The van der Waals surface area contributed by atoms with Crippen molar-refractivity contribution < 1.29 is 0 Å². The molecule has 0 radical (unpaired) electrons. The molecule has 1 heterocycles. The Balaban J connectivity index is 1.09. The van der Waals surface area contributed by atoms with Crippen LogP contribution in [-0.4, -0.2) is 4.57 Å². The van der Waals surface area contributed by atoms with Crippen molar-refractivity contribution in [2.45, 2.75) is 39.0 Å². The molecule has 3 heteroatoms. The van der Waals surface area contributed by atoms with Crippen LogP contribution in [0.15, 0.2) is 224 Å². The number of benzene rings is 9. The summed E-state index contributed by atoms with van der Waals surface area (Å²) in [4.78, 5) is 4.90. The Hall–Kier alpha value is -7.88. The van der Waals surface area contributed by atoms with E-state index < -0.39 is 0 Å². The normalized spacial score (nSPS) is 13.8. The van der Waals surface area contributed by atoms with Crippen LogP contribution in [0.2, 0.25) is 0 Å². The van der Waals surface area contributed by atoms with Crippen LogP contribution in [-0.2, 0) is 5.41 Å². The number of aromatic nitrogens is 1. The van der Waals surface area contributed by atoms with Crippen LogP contribution in [0.25, 0.3) is 60.5 Å². The van der Waals surface area contributed by atoms with Gasteiger partial charge in [0, 0.05) is 56.0 Å². The first-order chi connectivity index (χ1) is 31.9. The van der Waals surface area contributed by atoms with Gasteiger partial charge >= 0.3 is 0 Å². The van der Waals surface area contributed by atoms with Crippen molar-refractivity contribution in [1.29, 1.82) is 0 Å². The van der Waals surface area contributed by atoms with Crippen molar-refractivity contribution >= 4 is 61.0 Å². The van der Waals surface area contributed by atoms with Gasteiger partial charge in [-0.2, -0.15) is 0 Å². The van der Waals surface area contributed by atoms with Crippen molar-refractivity contribution in [3.8, 4) is 27.9 Å². The third kappa shape index (κ3) is 6.57. The SMILES string of the molecule is Cc1ccc(N(C2=CCCC=C2)c2cc(-c3ccc4c(c3)c3ccccc3n4-c3ccc4ccccc4c3)cc(N(c3ccccc3)c3ccc4c(c3)C(C)(C)c3ccccc3-4)c2)cc1. The molecule has 0 bridgehead atoms. The molecule has 65 heavy (non-hydrogen) atoms. The van der Waals surface area contributed by atoms with E-state index in [2.05, 4.69) is 254 Å². The first-order valence-corrected chi connectivity index (χ1v) is 22.9. The molecular formula is C62H49N3. The minimum Gasteiger partial charge on any atom is -0.311 e. The molecule has 0 spiro atoms. The van der Waals surface area contributed by atoms with E-state index in [0.717, 1.165) is 58.1 Å². The minimum absolute atomic E-state index is 0.138. The number of hydrogen-bond donors (Lipinski definition) is 0. The minimum atomic E-state index is -0.138. The average Bonchev–Trinajstić information content (AvgIpc) is 3.80. The lowest BCUT2D eigenvalue weighted by molar-refractivity contribution is 0.660. The number of nitrogens with zero attached hydrogens (tertiary/aromatic N) is 3. The van der Waals surface area contributed by atoms with Gasteiger partial charge in [-0.3, -0.25) is 0 Å². The summed E-state index contributed by atoms with van der Waals surface area (Å²) in [5, 5.41) is 4.94. The number of anilines is 5. The molecule has 0 unspecified atom stereocenters. The number of rotatable bonds is 8. The Morgan fingerprint density at radius 1 is 0.446 bits per heavy atom. The summed E-state index contributed by atoms with van der Waals surface area (Å²) in [6.45, 7) is 6.89. The number of aryl methyl sites for hydroxylation is 1. The van der Waals surface area contributed by atoms with Gasteiger partial charge in [-0.1, -0.05) is 147 Å². The highest BCUT2D eigenvalue weighted by atomic mass is 15.2. The van der Waals surface area contributed by atoms with E-state index in [1.54, 1.807) is 0 Å². The van der Waals surface area contributed by atoms with Crippen molar-refractivity contribution in [3.63, 3.8) is 0 Å². The van der Waals surface area contributed by atoms with Gasteiger partial charge in [-0.25, -0.2) is 0 Å². The zero-order valence-corrected chi connectivity index (χ0v) is 37.0. The maximum atomic E-state index is 2.45. The molecular weight excluding hydrogens is 787 g/mol. The van der Waals surface area contributed by atoms with Gasteiger partial charge in [-0.15, -0.1) is 0 Å². The molecule has 0 saturated heterocycles. The summed E-state index contributed by atoms with van der Waals surface area (Å²) in [5.74, 6) is 0. The molecule has 3 nitrogen and oxygen atoms in total. The van der Waals surface area contributed by atoms with Crippen LogP contribution < -0.4 is 9.80 Å². The summed E-state index contributed by atoms with van der Waals surface area (Å²) in [6, 6.07) is 74.3. The average molecular weight is 836 g/mol. The van der Waals surface area contributed by atoms with E-state index >= 15 is 0 Å². The van der Waals surface area contributed by atoms with E-state index in [-0.39, 0.29) is 5.41 Å². The molecule has 2 aliphatic rings. The van der Waals surface area contributed by atoms with Crippen LogP contribution in [0, 0.1) is 6.92 Å². The summed E-state index contributed by atoms with van der Waals surface area (Å²) >= 11 is 0. The number of allylic oxidation sites excluding steroid dienone is 3. The summed E-state index contributed by atoms with van der Waals surface area (Å²) < 4.78 is 2.43. The highest BCUT2D eigenvalue weighted by molar-refractivity contribution is 6.11. The van der Waals surface area contributed by atoms with Crippen molar-refractivity contribution in [1.82, 2.24) is 4.57 Å². The highest BCUT2D eigenvalue weighted by Crippen LogP contribution is 2.51. The molecule has 0 saturated carbocycles. The largest absolute Gasteiger partial charge is 0.311 e.